The van der Waals surface area contributed by atoms with Crippen LogP contribution in [0, 0.1) is 12.8 Å². The van der Waals surface area contributed by atoms with Crippen molar-refractivity contribution in [3.05, 3.63) is 53.5 Å². The number of aromatic nitrogens is 2. The van der Waals surface area contributed by atoms with Gasteiger partial charge in [-0.3, -0.25) is 4.79 Å². The second kappa shape index (κ2) is 7.43. The summed E-state index contributed by atoms with van der Waals surface area (Å²) < 4.78 is 0. The number of nitrogens with zero attached hydrogens (tertiary/aromatic N) is 3. The molecule has 0 spiro atoms. The first-order valence-corrected chi connectivity index (χ1v) is 8.52. The first kappa shape index (κ1) is 16.4. The lowest BCUT2D eigenvalue weighted by Crippen LogP contribution is -2.34. The normalized spacial score (nSPS) is 15.3. The van der Waals surface area contributed by atoms with E-state index < -0.39 is 0 Å². The fourth-order valence-corrected chi connectivity index (χ4v) is 2.86. The molecule has 1 aromatic heterocycles. The summed E-state index contributed by atoms with van der Waals surface area (Å²) in [6.45, 7) is 6.80. The van der Waals surface area contributed by atoms with Crippen molar-refractivity contribution < 1.29 is 4.79 Å². The number of aryl methyl sites for hydroxylation is 1. The molecule has 0 unspecified atom stereocenters. The zero-order valence-electron chi connectivity index (χ0n) is 14.3. The maximum atomic E-state index is 12.4. The van der Waals surface area contributed by atoms with Crippen molar-refractivity contribution in [2.24, 2.45) is 5.92 Å². The van der Waals surface area contributed by atoms with Gasteiger partial charge in [-0.15, -0.1) is 0 Å². The Bertz CT molecular complexity index is 691. The Kier molecular flexibility index (Phi) is 5.08. The standard InChI is InChI=1S/C19H24N4O/c1-14-3-5-16(6-4-14)12-20-19(24)17-11-18(22-13-21-17)23-9-7-15(2)8-10-23/h3-6,11,13,15H,7-10,12H2,1-2H3,(H,20,24). The number of nitrogens with one attached hydrogen (secondary N) is 1. The number of benzene rings is 1. The van der Waals surface area contributed by atoms with Crippen LogP contribution < -0.4 is 10.2 Å². The van der Waals surface area contributed by atoms with Gasteiger partial charge >= 0.3 is 0 Å². The minimum atomic E-state index is -0.162. The molecular formula is C19H24N4O. The molecule has 1 N–H and O–H groups in total. The van der Waals surface area contributed by atoms with Crippen molar-refractivity contribution in [3.8, 4) is 0 Å². The predicted molar refractivity (Wildman–Crippen MR) is 95.0 cm³/mol. The summed E-state index contributed by atoms with van der Waals surface area (Å²) in [7, 11) is 0. The molecule has 1 aliphatic heterocycles. The van der Waals surface area contributed by atoms with E-state index in [2.05, 4.69) is 27.1 Å². The Balaban J connectivity index is 1.62. The molecule has 0 saturated carbocycles. The lowest BCUT2D eigenvalue weighted by Gasteiger charge is -2.31. The molecule has 1 aromatic carbocycles. The Morgan fingerprint density at radius 2 is 1.92 bits per heavy atom. The molecule has 2 aromatic rings. The first-order valence-electron chi connectivity index (χ1n) is 8.52. The van der Waals surface area contributed by atoms with Crippen LogP contribution in [-0.4, -0.2) is 29.0 Å². The van der Waals surface area contributed by atoms with Crippen LogP contribution in [-0.2, 0) is 6.54 Å². The van der Waals surface area contributed by atoms with E-state index in [1.807, 2.05) is 31.2 Å². The number of rotatable bonds is 4. The number of hydrogen-bond acceptors (Lipinski definition) is 4. The first-order chi connectivity index (χ1) is 11.6. The van der Waals surface area contributed by atoms with E-state index in [0.717, 1.165) is 30.4 Å². The fourth-order valence-electron chi connectivity index (χ4n) is 2.86. The van der Waals surface area contributed by atoms with Crippen molar-refractivity contribution in [1.82, 2.24) is 15.3 Å². The van der Waals surface area contributed by atoms with Crippen molar-refractivity contribution >= 4 is 11.7 Å². The Morgan fingerprint density at radius 3 is 2.62 bits per heavy atom. The lowest BCUT2D eigenvalue weighted by molar-refractivity contribution is 0.0945. The smallest absolute Gasteiger partial charge is 0.270 e. The molecule has 0 bridgehead atoms. The quantitative estimate of drug-likeness (QED) is 0.939. The van der Waals surface area contributed by atoms with Gasteiger partial charge in [-0.2, -0.15) is 0 Å². The average Bonchev–Trinajstić information content (AvgIpc) is 2.62. The molecule has 0 radical (unpaired) electrons. The summed E-state index contributed by atoms with van der Waals surface area (Å²) in [5.41, 5.74) is 2.71. The summed E-state index contributed by atoms with van der Waals surface area (Å²) in [6, 6.07) is 9.93. The van der Waals surface area contributed by atoms with Crippen LogP contribution in [0.25, 0.3) is 0 Å². The van der Waals surface area contributed by atoms with Crippen molar-refractivity contribution in [1.29, 1.82) is 0 Å². The van der Waals surface area contributed by atoms with Gasteiger partial charge < -0.3 is 10.2 Å². The fraction of sp³-hybridized carbons (Fsp3) is 0.421. The number of carbonyl (C=O) groups is 1. The van der Waals surface area contributed by atoms with E-state index in [9.17, 15) is 4.79 Å². The Morgan fingerprint density at radius 1 is 1.21 bits per heavy atom. The van der Waals surface area contributed by atoms with Gasteiger partial charge in [-0.25, -0.2) is 9.97 Å². The molecule has 5 nitrogen and oxygen atoms in total. The monoisotopic (exact) mass is 324 g/mol. The molecule has 3 rings (SSSR count). The number of piperidine rings is 1. The van der Waals surface area contributed by atoms with E-state index in [0.29, 0.717) is 12.2 Å². The maximum absolute atomic E-state index is 12.4. The molecule has 2 heterocycles. The van der Waals surface area contributed by atoms with Gasteiger partial charge in [-0.05, 0) is 31.2 Å². The van der Waals surface area contributed by atoms with E-state index in [4.69, 9.17) is 0 Å². The number of anilines is 1. The summed E-state index contributed by atoms with van der Waals surface area (Å²) in [5, 5.41) is 2.92. The second-order valence-electron chi connectivity index (χ2n) is 6.60. The molecule has 126 valence electrons. The summed E-state index contributed by atoms with van der Waals surface area (Å²) in [6.07, 6.45) is 3.81. The predicted octanol–water partition coefficient (Wildman–Crippen LogP) is 2.95. The van der Waals surface area contributed by atoms with Crippen LogP contribution in [0.5, 0.6) is 0 Å². The zero-order valence-corrected chi connectivity index (χ0v) is 14.3. The number of hydrogen-bond donors (Lipinski definition) is 1. The van der Waals surface area contributed by atoms with Crippen LogP contribution >= 0.6 is 0 Å². The van der Waals surface area contributed by atoms with E-state index in [-0.39, 0.29) is 5.91 Å². The highest BCUT2D eigenvalue weighted by molar-refractivity contribution is 5.92. The van der Waals surface area contributed by atoms with Crippen molar-refractivity contribution in [2.45, 2.75) is 33.2 Å². The third kappa shape index (κ3) is 4.10. The van der Waals surface area contributed by atoms with Gasteiger partial charge in [-0.1, -0.05) is 36.8 Å². The average molecular weight is 324 g/mol. The van der Waals surface area contributed by atoms with Crippen LogP contribution in [0.3, 0.4) is 0 Å². The molecule has 0 aliphatic carbocycles. The van der Waals surface area contributed by atoms with Crippen molar-refractivity contribution in [3.63, 3.8) is 0 Å². The third-order valence-corrected chi connectivity index (χ3v) is 4.57. The van der Waals surface area contributed by atoms with Crippen molar-refractivity contribution in [2.75, 3.05) is 18.0 Å². The highest BCUT2D eigenvalue weighted by Crippen LogP contribution is 2.21. The van der Waals surface area contributed by atoms with E-state index >= 15 is 0 Å². The van der Waals surface area contributed by atoms with E-state index in [1.54, 1.807) is 6.07 Å². The molecule has 0 atom stereocenters. The molecular weight excluding hydrogens is 300 g/mol. The van der Waals surface area contributed by atoms with Crippen LogP contribution in [0.4, 0.5) is 5.82 Å². The summed E-state index contributed by atoms with van der Waals surface area (Å²) >= 11 is 0. The van der Waals surface area contributed by atoms with Gasteiger partial charge in [0.25, 0.3) is 5.91 Å². The highest BCUT2D eigenvalue weighted by atomic mass is 16.1. The van der Waals surface area contributed by atoms with Crippen LogP contribution in [0.1, 0.15) is 41.4 Å². The van der Waals surface area contributed by atoms with Gasteiger partial charge in [0.05, 0.1) is 0 Å². The molecule has 1 amide bonds. The molecule has 1 fully saturated rings. The second-order valence-corrected chi connectivity index (χ2v) is 6.60. The third-order valence-electron chi connectivity index (χ3n) is 4.57. The van der Waals surface area contributed by atoms with Gasteiger partial charge in [0.15, 0.2) is 0 Å². The van der Waals surface area contributed by atoms with Gasteiger partial charge in [0.1, 0.15) is 17.8 Å². The lowest BCUT2D eigenvalue weighted by atomic mass is 9.99. The molecule has 24 heavy (non-hydrogen) atoms. The van der Waals surface area contributed by atoms with Crippen LogP contribution in [0.15, 0.2) is 36.7 Å². The molecule has 1 saturated heterocycles. The Hall–Kier alpha value is -2.43. The van der Waals surface area contributed by atoms with Gasteiger partial charge in [0, 0.05) is 25.7 Å². The van der Waals surface area contributed by atoms with Gasteiger partial charge in [0.2, 0.25) is 0 Å². The summed E-state index contributed by atoms with van der Waals surface area (Å²) in [4.78, 5) is 23.0. The highest BCUT2D eigenvalue weighted by Gasteiger charge is 2.18. The Labute approximate surface area is 143 Å². The molecule has 5 heteroatoms. The maximum Gasteiger partial charge on any atom is 0.270 e. The number of carbonyl (C=O) groups excluding carboxylic acids is 1. The topological polar surface area (TPSA) is 58.1 Å². The van der Waals surface area contributed by atoms with E-state index in [1.165, 1.54) is 24.7 Å². The van der Waals surface area contributed by atoms with Crippen LogP contribution in [0.2, 0.25) is 0 Å². The number of amides is 1. The summed E-state index contributed by atoms with van der Waals surface area (Å²) in [5.74, 6) is 1.45. The molecule has 1 aliphatic rings. The zero-order chi connectivity index (χ0) is 16.9. The minimum Gasteiger partial charge on any atom is -0.356 e. The minimum absolute atomic E-state index is 0.162. The largest absolute Gasteiger partial charge is 0.356 e. The SMILES string of the molecule is Cc1ccc(CNC(=O)c2cc(N3CCC(C)CC3)ncn2)cc1.